The van der Waals surface area contributed by atoms with Crippen molar-refractivity contribution in [2.75, 3.05) is 11.5 Å². The highest BCUT2D eigenvalue weighted by Crippen LogP contribution is 2.30. The lowest BCUT2D eigenvalue weighted by molar-refractivity contribution is 0.233. The van der Waals surface area contributed by atoms with Gasteiger partial charge in [-0.2, -0.15) is 4.98 Å². The first-order chi connectivity index (χ1) is 7.50. The largest absolute Gasteiger partial charge is 0.473 e. The molecule has 0 unspecified atom stereocenters. The average Bonchev–Trinajstić information content (AvgIpc) is 2.18. The molecular formula is C11H19N3OS. The van der Waals surface area contributed by atoms with E-state index in [0.29, 0.717) is 17.5 Å². The average molecular weight is 241 g/mol. The van der Waals surface area contributed by atoms with E-state index in [9.17, 15) is 0 Å². The van der Waals surface area contributed by atoms with Crippen LogP contribution >= 0.6 is 11.8 Å². The molecule has 0 amide bonds. The highest BCUT2D eigenvalue weighted by molar-refractivity contribution is 7.99. The van der Waals surface area contributed by atoms with Crippen LogP contribution in [0.1, 0.15) is 27.7 Å². The zero-order chi connectivity index (χ0) is 12.1. The van der Waals surface area contributed by atoms with Crippen molar-refractivity contribution in [3.05, 3.63) is 6.33 Å². The zero-order valence-electron chi connectivity index (χ0n) is 10.2. The molecule has 2 N–H and O–H groups in total. The Morgan fingerprint density at radius 2 is 2.00 bits per heavy atom. The molecule has 1 heterocycles. The van der Waals surface area contributed by atoms with Gasteiger partial charge in [0, 0.05) is 5.75 Å². The maximum atomic E-state index is 5.95. The normalized spacial score (nSPS) is 11.1. The number of nitrogens with zero attached hydrogens (tertiary/aromatic N) is 2. The topological polar surface area (TPSA) is 61.0 Å². The van der Waals surface area contributed by atoms with Crippen molar-refractivity contribution in [1.82, 2.24) is 9.97 Å². The van der Waals surface area contributed by atoms with E-state index in [-0.39, 0.29) is 6.10 Å². The molecule has 0 aliphatic rings. The Morgan fingerprint density at radius 1 is 1.31 bits per heavy atom. The molecule has 0 radical (unpaired) electrons. The molecule has 0 atom stereocenters. The van der Waals surface area contributed by atoms with Crippen molar-refractivity contribution in [3.63, 3.8) is 0 Å². The molecule has 0 fully saturated rings. The summed E-state index contributed by atoms with van der Waals surface area (Å²) in [5.41, 5.74) is 6.49. The number of nitrogen functional groups attached to an aromatic ring is 1. The Morgan fingerprint density at radius 3 is 2.56 bits per heavy atom. The van der Waals surface area contributed by atoms with Gasteiger partial charge in [0.1, 0.15) is 17.0 Å². The summed E-state index contributed by atoms with van der Waals surface area (Å²) in [4.78, 5) is 8.20. The van der Waals surface area contributed by atoms with Gasteiger partial charge in [-0.15, -0.1) is 11.8 Å². The van der Waals surface area contributed by atoms with Crippen molar-refractivity contribution >= 4 is 17.4 Å². The lowest BCUT2D eigenvalue weighted by atomic mass is 10.3. The summed E-state index contributed by atoms with van der Waals surface area (Å²) in [6.07, 6.45) is 1.57. The molecule has 16 heavy (non-hydrogen) atoms. The van der Waals surface area contributed by atoms with Crippen molar-refractivity contribution < 1.29 is 4.74 Å². The van der Waals surface area contributed by atoms with E-state index in [2.05, 4.69) is 23.8 Å². The molecular weight excluding hydrogens is 222 g/mol. The fourth-order valence-electron chi connectivity index (χ4n) is 1.04. The maximum absolute atomic E-state index is 5.95. The van der Waals surface area contributed by atoms with Crippen LogP contribution < -0.4 is 10.5 Å². The number of anilines is 1. The molecule has 0 saturated heterocycles. The molecule has 0 aliphatic carbocycles. The summed E-state index contributed by atoms with van der Waals surface area (Å²) in [6, 6.07) is 0. The predicted molar refractivity (Wildman–Crippen MR) is 67.8 cm³/mol. The molecule has 0 aliphatic heterocycles. The highest BCUT2D eigenvalue weighted by Gasteiger charge is 2.11. The first-order valence-electron chi connectivity index (χ1n) is 5.40. The van der Waals surface area contributed by atoms with Crippen LogP contribution in [0.15, 0.2) is 11.4 Å². The summed E-state index contributed by atoms with van der Waals surface area (Å²) in [7, 11) is 0. The number of rotatable bonds is 5. The third-order valence-corrected chi connectivity index (χ3v) is 3.14. The number of aromatic nitrogens is 2. The van der Waals surface area contributed by atoms with Gasteiger partial charge in [0.15, 0.2) is 0 Å². The van der Waals surface area contributed by atoms with Gasteiger partial charge in [0.2, 0.25) is 5.88 Å². The van der Waals surface area contributed by atoms with E-state index < -0.39 is 0 Å². The first-order valence-corrected chi connectivity index (χ1v) is 6.39. The van der Waals surface area contributed by atoms with Gasteiger partial charge in [-0.05, 0) is 19.8 Å². The second kappa shape index (κ2) is 5.94. The van der Waals surface area contributed by atoms with E-state index in [1.54, 1.807) is 11.8 Å². The lowest BCUT2D eigenvalue weighted by Crippen LogP contribution is -2.10. The highest BCUT2D eigenvalue weighted by atomic mass is 32.2. The Labute approximate surface area is 101 Å². The van der Waals surface area contributed by atoms with Crippen molar-refractivity contribution in [1.29, 1.82) is 0 Å². The maximum Gasteiger partial charge on any atom is 0.241 e. The molecule has 0 saturated carbocycles. The molecule has 0 bridgehead atoms. The summed E-state index contributed by atoms with van der Waals surface area (Å²) in [5, 5.41) is 0.805. The van der Waals surface area contributed by atoms with E-state index in [4.69, 9.17) is 10.5 Å². The van der Waals surface area contributed by atoms with E-state index in [0.717, 1.165) is 10.8 Å². The van der Waals surface area contributed by atoms with Crippen LogP contribution in [0, 0.1) is 5.92 Å². The third-order valence-electron chi connectivity index (χ3n) is 1.71. The molecule has 5 heteroatoms. The van der Waals surface area contributed by atoms with Gasteiger partial charge in [0.05, 0.1) is 6.10 Å². The SMILES string of the molecule is CC(C)CSc1ncnc(OC(C)C)c1N. The smallest absolute Gasteiger partial charge is 0.241 e. The molecule has 1 rings (SSSR count). The van der Waals surface area contributed by atoms with Crippen LogP contribution in [0.3, 0.4) is 0 Å². The van der Waals surface area contributed by atoms with Crippen molar-refractivity contribution in [2.45, 2.75) is 38.8 Å². The summed E-state index contributed by atoms with van der Waals surface area (Å²) < 4.78 is 5.50. The third kappa shape index (κ3) is 3.89. The number of nitrogens with two attached hydrogens (primary N) is 1. The van der Waals surface area contributed by atoms with Crippen molar-refractivity contribution in [3.8, 4) is 5.88 Å². The minimum absolute atomic E-state index is 0.0696. The fraction of sp³-hybridized carbons (Fsp3) is 0.636. The standard InChI is InChI=1S/C11H19N3OS/c1-7(2)5-16-11-9(12)10(13-6-14-11)15-8(3)4/h6-8H,5,12H2,1-4H3. The molecule has 1 aromatic rings. The fourth-order valence-corrected chi connectivity index (χ4v) is 1.90. The second-order valence-electron chi connectivity index (χ2n) is 4.27. The molecule has 0 spiro atoms. The van der Waals surface area contributed by atoms with Crippen LogP contribution in [-0.2, 0) is 0 Å². The zero-order valence-corrected chi connectivity index (χ0v) is 11.0. The molecule has 4 nitrogen and oxygen atoms in total. The predicted octanol–water partition coefficient (Wildman–Crippen LogP) is 2.59. The van der Waals surface area contributed by atoms with Crippen LogP contribution in [0.25, 0.3) is 0 Å². The summed E-state index contributed by atoms with van der Waals surface area (Å²) in [6.45, 7) is 8.22. The van der Waals surface area contributed by atoms with Crippen LogP contribution in [0.4, 0.5) is 5.69 Å². The monoisotopic (exact) mass is 241 g/mol. The molecule has 0 aromatic carbocycles. The Balaban J connectivity index is 2.78. The van der Waals surface area contributed by atoms with Gasteiger partial charge in [-0.25, -0.2) is 4.98 Å². The minimum Gasteiger partial charge on any atom is -0.473 e. The van der Waals surface area contributed by atoms with Gasteiger partial charge < -0.3 is 10.5 Å². The van der Waals surface area contributed by atoms with Crippen LogP contribution in [0.2, 0.25) is 0 Å². The summed E-state index contributed by atoms with van der Waals surface area (Å²) >= 11 is 1.64. The van der Waals surface area contributed by atoms with Gasteiger partial charge in [0.25, 0.3) is 0 Å². The van der Waals surface area contributed by atoms with E-state index in [1.165, 1.54) is 6.33 Å². The Kier molecular flexibility index (Phi) is 4.86. The quantitative estimate of drug-likeness (QED) is 0.634. The number of hydrogen-bond acceptors (Lipinski definition) is 5. The number of thioether (sulfide) groups is 1. The second-order valence-corrected chi connectivity index (χ2v) is 5.28. The van der Waals surface area contributed by atoms with Crippen LogP contribution in [0.5, 0.6) is 5.88 Å². The Bertz CT molecular complexity index is 342. The van der Waals surface area contributed by atoms with Crippen molar-refractivity contribution in [2.24, 2.45) is 5.92 Å². The molecule has 1 aromatic heterocycles. The minimum atomic E-state index is 0.0696. The lowest BCUT2D eigenvalue weighted by Gasteiger charge is -2.12. The molecule has 90 valence electrons. The summed E-state index contributed by atoms with van der Waals surface area (Å²) in [5.74, 6) is 2.08. The van der Waals surface area contributed by atoms with Crippen LogP contribution in [-0.4, -0.2) is 21.8 Å². The first kappa shape index (κ1) is 13.1. The van der Waals surface area contributed by atoms with Gasteiger partial charge in [-0.3, -0.25) is 0 Å². The van der Waals surface area contributed by atoms with Gasteiger partial charge >= 0.3 is 0 Å². The van der Waals surface area contributed by atoms with E-state index >= 15 is 0 Å². The van der Waals surface area contributed by atoms with Gasteiger partial charge in [-0.1, -0.05) is 13.8 Å². The number of ether oxygens (including phenoxy) is 1. The Hall–Kier alpha value is -0.970. The number of hydrogen-bond donors (Lipinski definition) is 1. The van der Waals surface area contributed by atoms with E-state index in [1.807, 2.05) is 13.8 Å².